The molecule has 2 N–H and O–H groups in total. The van der Waals surface area contributed by atoms with E-state index in [2.05, 4.69) is 37.1 Å². The zero-order valence-corrected chi connectivity index (χ0v) is 20.5. The van der Waals surface area contributed by atoms with Crippen molar-refractivity contribution in [2.75, 3.05) is 0 Å². The van der Waals surface area contributed by atoms with Gasteiger partial charge in [-0.2, -0.15) is 0 Å². The van der Waals surface area contributed by atoms with Gasteiger partial charge in [0.2, 0.25) is 0 Å². The van der Waals surface area contributed by atoms with Crippen LogP contribution < -0.4 is 5.32 Å². The summed E-state index contributed by atoms with van der Waals surface area (Å²) in [6, 6.07) is 20.4. The summed E-state index contributed by atoms with van der Waals surface area (Å²) in [5, 5.41) is 13.9. The monoisotopic (exact) mass is 445 g/mol. The van der Waals surface area contributed by atoms with Gasteiger partial charge in [0.1, 0.15) is 0 Å². The predicted molar refractivity (Wildman–Crippen MR) is 128 cm³/mol. The van der Waals surface area contributed by atoms with Gasteiger partial charge in [0, 0.05) is 25.6 Å². The minimum absolute atomic E-state index is 0.0932. The van der Waals surface area contributed by atoms with Crippen LogP contribution in [0, 0.1) is 11.8 Å². The van der Waals surface area contributed by atoms with Gasteiger partial charge in [-0.05, 0) is 36.6 Å². The Kier molecular flexibility index (Phi) is 9.62. The van der Waals surface area contributed by atoms with Crippen molar-refractivity contribution in [2.45, 2.75) is 63.1 Å². The van der Waals surface area contributed by atoms with E-state index in [1.54, 1.807) is 6.92 Å². The molecule has 4 unspecified atom stereocenters. The summed E-state index contributed by atoms with van der Waals surface area (Å²) >= 11 is 1.11. The van der Waals surface area contributed by atoms with E-state index in [-0.39, 0.29) is 23.8 Å². The number of nitrogens with one attached hydrogen (secondary N) is 1. The Labute approximate surface area is 186 Å². The van der Waals surface area contributed by atoms with Gasteiger partial charge in [-0.15, -0.1) is 0 Å². The molecule has 0 aliphatic heterocycles. The summed E-state index contributed by atoms with van der Waals surface area (Å²) in [6.45, 7) is 11.2. The molecule has 2 aromatic rings. The maximum Gasteiger partial charge on any atom is 0.322 e. The molecule has 2 aromatic carbocycles. The largest absolute Gasteiger partial charge is 0.393 e. The quantitative estimate of drug-likeness (QED) is 0.360. The molecule has 0 saturated carbocycles. The molecule has 6 heteroatoms. The Hall–Kier alpha value is -1.60. The van der Waals surface area contributed by atoms with Gasteiger partial charge in [0.25, 0.3) is 0 Å². The van der Waals surface area contributed by atoms with Crippen molar-refractivity contribution in [3.63, 3.8) is 0 Å². The second kappa shape index (κ2) is 11.7. The van der Waals surface area contributed by atoms with E-state index in [0.717, 1.165) is 28.5 Å². The summed E-state index contributed by atoms with van der Waals surface area (Å²) in [4.78, 5) is 14.1. The molecule has 0 aliphatic rings. The van der Waals surface area contributed by atoms with E-state index in [0.29, 0.717) is 6.54 Å². The van der Waals surface area contributed by atoms with Crippen molar-refractivity contribution in [1.82, 2.24) is 5.32 Å². The first kappa shape index (κ1) is 24.7. The predicted octanol–water partition coefficient (Wildman–Crippen LogP) is 5.37. The van der Waals surface area contributed by atoms with Crippen molar-refractivity contribution >= 4 is 26.1 Å². The Morgan fingerprint density at radius 3 is 2.13 bits per heavy atom. The van der Waals surface area contributed by atoms with Crippen molar-refractivity contribution in [1.29, 1.82) is 0 Å². The number of hydrogen-bond acceptors (Lipinski definition) is 5. The van der Waals surface area contributed by atoms with Gasteiger partial charge in [-0.3, -0.25) is 4.79 Å². The maximum atomic E-state index is 13.2. The minimum atomic E-state index is -1.57. The summed E-state index contributed by atoms with van der Waals surface area (Å²) in [7, 11) is -1.57. The fourth-order valence-electron chi connectivity index (χ4n) is 3.47. The first-order chi connectivity index (χ1) is 14.2. The minimum Gasteiger partial charge on any atom is -0.393 e. The Balaban J connectivity index is 2.20. The molecule has 164 valence electrons. The van der Waals surface area contributed by atoms with Crippen LogP contribution in [0.5, 0.6) is 0 Å². The van der Waals surface area contributed by atoms with E-state index in [1.807, 2.05) is 55.5 Å². The van der Waals surface area contributed by atoms with E-state index in [1.165, 1.54) is 0 Å². The first-order valence-corrected chi connectivity index (χ1v) is 15.0. The lowest BCUT2D eigenvalue weighted by Crippen LogP contribution is -2.49. The first-order valence-electron chi connectivity index (χ1n) is 10.6. The summed E-state index contributed by atoms with van der Waals surface area (Å²) in [6.07, 6.45) is -0.531. The van der Waals surface area contributed by atoms with E-state index >= 15 is 0 Å². The molecule has 4 atom stereocenters. The van der Waals surface area contributed by atoms with Gasteiger partial charge >= 0.3 is 5.97 Å². The van der Waals surface area contributed by atoms with Crippen LogP contribution in [0.2, 0.25) is 25.7 Å². The van der Waals surface area contributed by atoms with Gasteiger partial charge in [0.05, 0.1) is 24.1 Å². The molecule has 0 heterocycles. The van der Waals surface area contributed by atoms with Crippen LogP contribution >= 0.6 is 12.0 Å². The van der Waals surface area contributed by atoms with Crippen LogP contribution in [-0.4, -0.2) is 31.3 Å². The molecule has 0 aromatic heterocycles. The Bertz CT molecular complexity index is 765. The Morgan fingerprint density at radius 1 is 1.03 bits per heavy atom. The third-order valence-corrected chi connectivity index (χ3v) is 7.62. The second-order valence-corrected chi connectivity index (χ2v) is 15.5. The average Bonchev–Trinajstić information content (AvgIpc) is 2.71. The molecule has 4 nitrogen and oxygen atoms in total. The molecule has 0 saturated heterocycles. The van der Waals surface area contributed by atoms with Crippen LogP contribution in [0.3, 0.4) is 0 Å². The zero-order valence-electron chi connectivity index (χ0n) is 18.7. The highest BCUT2D eigenvalue weighted by Crippen LogP contribution is 2.30. The van der Waals surface area contributed by atoms with Crippen molar-refractivity contribution < 1.29 is 14.1 Å². The third-order valence-electron chi connectivity index (χ3n) is 5.24. The molecule has 30 heavy (non-hydrogen) atoms. The zero-order chi connectivity index (χ0) is 22.1. The molecular weight excluding hydrogens is 410 g/mol. The van der Waals surface area contributed by atoms with Crippen molar-refractivity contribution in [3.8, 4) is 0 Å². The smallest absolute Gasteiger partial charge is 0.322 e. The molecule has 0 spiro atoms. The van der Waals surface area contributed by atoms with Crippen LogP contribution in [-0.2, 0) is 15.5 Å². The average molecular weight is 446 g/mol. The SMILES string of the molecule is CC(O)C(C)C(NCc1ccccc1)C(C[Si](C)(C)C)C(=O)OSc1ccccc1. The van der Waals surface area contributed by atoms with Gasteiger partial charge in [-0.25, -0.2) is 0 Å². The lowest BCUT2D eigenvalue weighted by atomic mass is 9.87. The lowest BCUT2D eigenvalue weighted by molar-refractivity contribution is -0.138. The number of carbonyl (C=O) groups excluding carboxylic acids is 1. The highest BCUT2D eigenvalue weighted by atomic mass is 32.2. The van der Waals surface area contributed by atoms with Gasteiger partial charge < -0.3 is 14.6 Å². The number of benzene rings is 2. The van der Waals surface area contributed by atoms with Gasteiger partial charge in [0.15, 0.2) is 0 Å². The van der Waals surface area contributed by atoms with Crippen molar-refractivity contribution in [2.24, 2.45) is 11.8 Å². The molecule has 0 aliphatic carbocycles. The number of carbonyl (C=O) groups is 1. The molecule has 0 radical (unpaired) electrons. The summed E-state index contributed by atoms with van der Waals surface area (Å²) in [5.41, 5.74) is 1.15. The van der Waals surface area contributed by atoms with Crippen LogP contribution in [0.15, 0.2) is 65.6 Å². The fourth-order valence-corrected chi connectivity index (χ4v) is 5.78. The van der Waals surface area contributed by atoms with Crippen LogP contribution in [0.25, 0.3) is 0 Å². The molecule has 0 bridgehead atoms. The van der Waals surface area contributed by atoms with Crippen LogP contribution in [0.1, 0.15) is 19.4 Å². The molecular formula is C24H35NO3SSi. The maximum absolute atomic E-state index is 13.2. The number of rotatable bonds is 11. The highest BCUT2D eigenvalue weighted by Gasteiger charge is 2.38. The fraction of sp³-hybridized carbons (Fsp3) is 0.458. The third kappa shape index (κ3) is 8.26. The van der Waals surface area contributed by atoms with E-state index in [9.17, 15) is 9.90 Å². The number of aliphatic hydroxyl groups excluding tert-OH is 1. The van der Waals surface area contributed by atoms with Gasteiger partial charge in [-0.1, -0.05) is 75.1 Å². The normalized spacial score (nSPS) is 15.8. The summed E-state index contributed by atoms with van der Waals surface area (Å²) in [5.74, 6) is -0.630. The number of aliphatic hydroxyl groups is 1. The lowest BCUT2D eigenvalue weighted by Gasteiger charge is -2.35. The summed E-state index contributed by atoms with van der Waals surface area (Å²) < 4.78 is 5.68. The topological polar surface area (TPSA) is 58.6 Å². The standard InChI is InChI=1S/C24H35NO3SSi/c1-18(19(2)26)23(25-16-20-12-8-6-9-13-20)22(17-30(3,4)5)24(27)28-29-21-14-10-7-11-15-21/h6-15,18-19,22-23,25-26H,16-17H2,1-5H3. The molecule has 2 rings (SSSR count). The molecule has 0 fully saturated rings. The van der Waals surface area contributed by atoms with Crippen molar-refractivity contribution in [3.05, 3.63) is 66.2 Å². The van der Waals surface area contributed by atoms with E-state index in [4.69, 9.17) is 4.18 Å². The van der Waals surface area contributed by atoms with E-state index < -0.39 is 14.2 Å². The number of hydrogen-bond donors (Lipinski definition) is 2. The van der Waals surface area contributed by atoms with Crippen LogP contribution in [0.4, 0.5) is 0 Å². The molecule has 0 amide bonds. The Morgan fingerprint density at radius 2 is 1.60 bits per heavy atom. The second-order valence-electron chi connectivity index (χ2n) is 9.16. The highest BCUT2D eigenvalue weighted by molar-refractivity contribution is 7.95.